The van der Waals surface area contributed by atoms with Crippen LogP contribution in [0.2, 0.25) is 0 Å². The van der Waals surface area contributed by atoms with E-state index in [1.807, 2.05) is 0 Å². The molecule has 2 amide bonds. The number of likely N-dealkylation sites (tertiary alicyclic amines) is 1. The molecular weight excluding hydrogens is 248 g/mol. The van der Waals surface area contributed by atoms with Crippen molar-refractivity contribution in [1.82, 2.24) is 4.90 Å². The fourth-order valence-electron chi connectivity index (χ4n) is 1.49. The molecule has 0 aliphatic carbocycles. The Labute approximate surface area is 90.9 Å². The van der Waals surface area contributed by atoms with Crippen molar-refractivity contribution < 1.29 is 9.59 Å². The lowest BCUT2D eigenvalue weighted by Crippen LogP contribution is -2.41. The number of carbonyl (C=O) groups is 2. The molecule has 0 saturated carbocycles. The Morgan fingerprint density at radius 1 is 1.36 bits per heavy atom. The zero-order valence-electron chi connectivity index (χ0n) is 7.62. The van der Waals surface area contributed by atoms with Crippen LogP contribution in [-0.2, 0) is 9.59 Å². The summed E-state index contributed by atoms with van der Waals surface area (Å²) in [6, 6.07) is 0. The highest BCUT2D eigenvalue weighted by atomic mass is 79.9. The van der Waals surface area contributed by atoms with Gasteiger partial charge in [-0.2, -0.15) is 0 Å². The molecule has 2 N–H and O–H groups in total. The Morgan fingerprint density at radius 2 is 1.93 bits per heavy atom. The Balaban J connectivity index is 2.45. The lowest BCUT2D eigenvalue weighted by Gasteiger charge is -2.28. The average molecular weight is 259 g/mol. The van der Waals surface area contributed by atoms with Gasteiger partial charge in [-0.1, -0.05) is 0 Å². The van der Waals surface area contributed by atoms with Gasteiger partial charge in [0.2, 0.25) is 5.91 Å². The van der Waals surface area contributed by atoms with E-state index in [1.165, 1.54) is 0 Å². The molecule has 1 fully saturated rings. The number of hydrogen-bond donors (Lipinski definition) is 1. The van der Waals surface area contributed by atoms with Crippen LogP contribution in [0.25, 0.3) is 0 Å². The first kappa shape index (κ1) is 11.1. The highest BCUT2D eigenvalue weighted by Gasteiger charge is 2.24. The second kappa shape index (κ2) is 5.01. The lowest BCUT2D eigenvalue weighted by molar-refractivity contribution is -0.130. The van der Waals surface area contributed by atoms with Crippen LogP contribution in [0.1, 0.15) is 12.8 Å². The highest BCUT2D eigenvalue weighted by molar-refractivity contribution is 9.12. The van der Waals surface area contributed by atoms with E-state index in [1.54, 1.807) is 4.90 Å². The minimum Gasteiger partial charge on any atom is -0.369 e. The van der Waals surface area contributed by atoms with Crippen LogP contribution in [0.5, 0.6) is 0 Å². The third-order valence-electron chi connectivity index (χ3n) is 2.34. The molecule has 76 valence electrons. The summed E-state index contributed by atoms with van der Waals surface area (Å²) in [5, 5.41) is 0. The summed E-state index contributed by atoms with van der Waals surface area (Å²) in [5.74, 6) is 1.83. The van der Waals surface area contributed by atoms with Gasteiger partial charge < -0.3 is 10.6 Å². The van der Waals surface area contributed by atoms with E-state index in [4.69, 9.17) is 5.73 Å². The van der Waals surface area contributed by atoms with Crippen LogP contribution in [0.3, 0.4) is 0 Å². The maximum absolute atomic E-state index is 11.3. The summed E-state index contributed by atoms with van der Waals surface area (Å²) in [4.78, 5) is 26.1. The van der Waals surface area contributed by atoms with Gasteiger partial charge >= 0.3 is 0 Å². The smallest absolute Gasteiger partial charge is 0.299 e. The number of nitrogens with zero attached hydrogens (tertiary/aromatic N) is 1. The standard InChI is InChI=1S/C9H11BrN2O2/c10-4-1-8(13)12-5-2-7(3-6-12)9(11)14/h7H,2-3,5-6H2,(H2,11,14). The van der Waals surface area contributed by atoms with Gasteiger partial charge in [0.1, 0.15) is 0 Å². The predicted octanol–water partition coefficient (Wildman–Crippen LogP) is 0.0661. The molecule has 0 aromatic rings. The Morgan fingerprint density at radius 3 is 2.36 bits per heavy atom. The van der Waals surface area contributed by atoms with Crippen molar-refractivity contribution in [2.75, 3.05) is 13.1 Å². The normalized spacial score (nSPS) is 17.1. The first-order chi connectivity index (χ1) is 6.65. The second-order valence-electron chi connectivity index (χ2n) is 3.19. The van der Waals surface area contributed by atoms with E-state index in [9.17, 15) is 9.59 Å². The van der Waals surface area contributed by atoms with E-state index in [2.05, 4.69) is 26.7 Å². The first-order valence-corrected chi connectivity index (χ1v) is 5.14. The van der Waals surface area contributed by atoms with Gasteiger partial charge in [0.05, 0.1) is 0 Å². The van der Waals surface area contributed by atoms with Crippen LogP contribution in [0, 0.1) is 16.7 Å². The fraction of sp³-hybridized carbons (Fsp3) is 0.556. The summed E-state index contributed by atoms with van der Waals surface area (Å²) in [5.41, 5.74) is 5.17. The molecule has 0 unspecified atom stereocenters. The lowest BCUT2D eigenvalue weighted by atomic mass is 9.96. The van der Waals surface area contributed by atoms with Crippen LogP contribution >= 0.6 is 15.9 Å². The number of rotatable bonds is 1. The molecule has 1 heterocycles. The largest absolute Gasteiger partial charge is 0.369 e. The van der Waals surface area contributed by atoms with Crippen LogP contribution in [0.15, 0.2) is 0 Å². The second-order valence-corrected chi connectivity index (χ2v) is 3.58. The minimum atomic E-state index is -0.274. The fourth-order valence-corrected chi connectivity index (χ4v) is 1.66. The van der Waals surface area contributed by atoms with Crippen molar-refractivity contribution in [2.45, 2.75) is 12.8 Å². The maximum atomic E-state index is 11.3. The monoisotopic (exact) mass is 258 g/mol. The molecule has 1 aliphatic rings. The number of amides is 2. The Kier molecular flexibility index (Phi) is 3.96. The zero-order chi connectivity index (χ0) is 10.6. The van der Waals surface area contributed by atoms with E-state index >= 15 is 0 Å². The van der Waals surface area contributed by atoms with Crippen molar-refractivity contribution in [1.29, 1.82) is 0 Å². The number of primary amides is 1. The van der Waals surface area contributed by atoms with Crippen molar-refractivity contribution in [3.8, 4) is 10.8 Å². The van der Waals surface area contributed by atoms with Crippen molar-refractivity contribution in [3.05, 3.63) is 0 Å². The predicted molar refractivity (Wildman–Crippen MR) is 55.2 cm³/mol. The summed E-state index contributed by atoms with van der Waals surface area (Å²) in [6.45, 7) is 1.13. The molecule has 0 aromatic carbocycles. The summed E-state index contributed by atoms with van der Waals surface area (Å²) < 4.78 is 0. The van der Waals surface area contributed by atoms with Crippen molar-refractivity contribution in [3.63, 3.8) is 0 Å². The molecule has 1 aliphatic heterocycles. The Hall–Kier alpha value is -1.02. The summed E-state index contributed by atoms with van der Waals surface area (Å²) in [7, 11) is 0. The maximum Gasteiger partial charge on any atom is 0.299 e. The molecule has 1 saturated heterocycles. The number of nitrogens with two attached hydrogens (primary N) is 1. The molecule has 0 radical (unpaired) electrons. The van der Waals surface area contributed by atoms with Gasteiger partial charge in [-0.25, -0.2) is 0 Å². The number of halogens is 1. The van der Waals surface area contributed by atoms with Gasteiger partial charge in [0, 0.05) is 40.9 Å². The van der Waals surface area contributed by atoms with E-state index in [0.29, 0.717) is 25.9 Å². The van der Waals surface area contributed by atoms with Gasteiger partial charge in [-0.15, -0.1) is 0 Å². The van der Waals surface area contributed by atoms with E-state index in [-0.39, 0.29) is 17.7 Å². The third-order valence-corrected chi connectivity index (χ3v) is 2.54. The number of carbonyl (C=O) groups excluding carboxylic acids is 2. The summed E-state index contributed by atoms with van der Waals surface area (Å²) in [6.07, 6.45) is 1.29. The van der Waals surface area contributed by atoms with Crippen molar-refractivity contribution in [2.24, 2.45) is 11.7 Å². The molecule has 0 atom stereocenters. The van der Waals surface area contributed by atoms with Gasteiger partial charge in [-0.3, -0.25) is 9.59 Å². The Bertz CT molecular complexity index is 298. The molecular formula is C9H11BrN2O2. The molecule has 0 bridgehead atoms. The quantitative estimate of drug-likeness (QED) is 0.677. The van der Waals surface area contributed by atoms with Crippen LogP contribution in [-0.4, -0.2) is 29.8 Å². The topological polar surface area (TPSA) is 63.4 Å². The van der Waals surface area contributed by atoms with Crippen molar-refractivity contribution >= 4 is 27.7 Å². The van der Waals surface area contributed by atoms with Crippen LogP contribution in [0.4, 0.5) is 0 Å². The summed E-state index contributed by atoms with van der Waals surface area (Å²) >= 11 is 2.87. The SMILES string of the molecule is NC(=O)C1CCN(C(=O)C#CBr)CC1. The van der Waals surface area contributed by atoms with Gasteiger partial charge in [-0.05, 0) is 17.7 Å². The molecule has 1 rings (SSSR count). The number of hydrogen-bond acceptors (Lipinski definition) is 2. The number of piperidine rings is 1. The molecule has 0 spiro atoms. The average Bonchev–Trinajstić information content (AvgIpc) is 2.18. The molecule has 14 heavy (non-hydrogen) atoms. The first-order valence-electron chi connectivity index (χ1n) is 4.35. The third kappa shape index (κ3) is 2.74. The van der Waals surface area contributed by atoms with Gasteiger partial charge in [0.25, 0.3) is 5.91 Å². The molecule has 0 aromatic heterocycles. The highest BCUT2D eigenvalue weighted by Crippen LogP contribution is 2.16. The molecule has 4 nitrogen and oxygen atoms in total. The van der Waals surface area contributed by atoms with E-state index < -0.39 is 0 Å². The van der Waals surface area contributed by atoms with Crippen LogP contribution < -0.4 is 5.73 Å². The minimum absolute atomic E-state index is 0.0871. The molecule has 5 heteroatoms. The zero-order valence-corrected chi connectivity index (χ0v) is 9.21. The van der Waals surface area contributed by atoms with Gasteiger partial charge in [0.15, 0.2) is 0 Å². The van der Waals surface area contributed by atoms with E-state index in [0.717, 1.165) is 0 Å².